The fourth-order valence-corrected chi connectivity index (χ4v) is 2.61. The average Bonchev–Trinajstić information content (AvgIpc) is 2.44. The molecule has 1 fully saturated rings. The predicted octanol–water partition coefficient (Wildman–Crippen LogP) is 1.84. The standard InChI is InChI=1S/C17H20N2O2/c1-12-9-16(20)19(17(21)10-12)13(2)15-7-3-5-14(11-15)6-4-8-18/h3,5,7,11-13H,8-10,18H2,1-2H3. The van der Waals surface area contributed by atoms with Crippen molar-refractivity contribution in [3.63, 3.8) is 0 Å². The van der Waals surface area contributed by atoms with Gasteiger partial charge in [-0.15, -0.1) is 0 Å². The Morgan fingerprint density at radius 1 is 1.33 bits per heavy atom. The lowest BCUT2D eigenvalue weighted by molar-refractivity contribution is -0.152. The Balaban J connectivity index is 2.25. The second kappa shape index (κ2) is 6.55. The van der Waals surface area contributed by atoms with Crippen LogP contribution in [-0.2, 0) is 9.59 Å². The van der Waals surface area contributed by atoms with Gasteiger partial charge < -0.3 is 5.73 Å². The minimum Gasteiger partial charge on any atom is -0.320 e. The van der Waals surface area contributed by atoms with Crippen LogP contribution < -0.4 is 5.73 Å². The van der Waals surface area contributed by atoms with Crippen LogP contribution in [0.5, 0.6) is 0 Å². The molecule has 0 radical (unpaired) electrons. The predicted molar refractivity (Wildman–Crippen MR) is 81.0 cm³/mol. The number of imide groups is 1. The van der Waals surface area contributed by atoms with Crippen molar-refractivity contribution in [1.29, 1.82) is 0 Å². The topological polar surface area (TPSA) is 63.4 Å². The van der Waals surface area contributed by atoms with Crippen LogP contribution in [0.25, 0.3) is 0 Å². The lowest BCUT2D eigenvalue weighted by Gasteiger charge is -2.33. The minimum absolute atomic E-state index is 0.0929. The smallest absolute Gasteiger partial charge is 0.230 e. The van der Waals surface area contributed by atoms with E-state index in [4.69, 9.17) is 5.73 Å². The van der Waals surface area contributed by atoms with E-state index in [2.05, 4.69) is 11.8 Å². The van der Waals surface area contributed by atoms with Crippen LogP contribution in [0.15, 0.2) is 24.3 Å². The average molecular weight is 284 g/mol. The molecular formula is C17H20N2O2. The quantitative estimate of drug-likeness (QED) is 0.666. The summed E-state index contributed by atoms with van der Waals surface area (Å²) in [6, 6.07) is 7.33. The van der Waals surface area contributed by atoms with Gasteiger partial charge in [0.2, 0.25) is 11.8 Å². The van der Waals surface area contributed by atoms with Gasteiger partial charge in [0.05, 0.1) is 12.6 Å². The first-order chi connectivity index (χ1) is 10.0. The monoisotopic (exact) mass is 284 g/mol. The Bertz CT molecular complexity index is 595. The molecular weight excluding hydrogens is 264 g/mol. The molecule has 1 unspecified atom stereocenters. The molecule has 1 aliphatic rings. The molecule has 0 aliphatic carbocycles. The third kappa shape index (κ3) is 3.50. The minimum atomic E-state index is -0.267. The summed E-state index contributed by atoms with van der Waals surface area (Å²) in [6.07, 6.45) is 0.867. The van der Waals surface area contributed by atoms with E-state index in [1.807, 2.05) is 38.1 Å². The summed E-state index contributed by atoms with van der Waals surface area (Å²) >= 11 is 0. The molecule has 1 aromatic carbocycles. The molecule has 1 aromatic rings. The maximum atomic E-state index is 12.1. The number of likely N-dealkylation sites (tertiary alicyclic amines) is 1. The van der Waals surface area contributed by atoms with E-state index in [0.717, 1.165) is 11.1 Å². The summed E-state index contributed by atoms with van der Waals surface area (Å²) in [5.41, 5.74) is 7.12. The number of carbonyl (C=O) groups is 2. The van der Waals surface area contributed by atoms with Gasteiger partial charge in [0.15, 0.2) is 0 Å². The fourth-order valence-electron chi connectivity index (χ4n) is 2.61. The Morgan fingerprint density at radius 2 is 2.00 bits per heavy atom. The zero-order valence-corrected chi connectivity index (χ0v) is 12.4. The molecule has 0 aromatic heterocycles. The second-order valence-corrected chi connectivity index (χ2v) is 5.48. The molecule has 1 heterocycles. The van der Waals surface area contributed by atoms with Crippen LogP contribution in [-0.4, -0.2) is 23.3 Å². The molecule has 0 saturated carbocycles. The zero-order chi connectivity index (χ0) is 15.4. The summed E-state index contributed by atoms with van der Waals surface area (Å²) < 4.78 is 0. The molecule has 0 bridgehead atoms. The van der Waals surface area contributed by atoms with Gasteiger partial charge in [-0.05, 0) is 30.5 Å². The number of rotatable bonds is 2. The van der Waals surface area contributed by atoms with Crippen molar-refractivity contribution in [3.8, 4) is 11.8 Å². The molecule has 110 valence electrons. The largest absolute Gasteiger partial charge is 0.320 e. The maximum absolute atomic E-state index is 12.1. The van der Waals surface area contributed by atoms with E-state index in [1.54, 1.807) is 0 Å². The number of hydrogen-bond donors (Lipinski definition) is 1. The molecule has 0 spiro atoms. The third-order valence-electron chi connectivity index (χ3n) is 3.67. The summed E-state index contributed by atoms with van der Waals surface area (Å²) in [5.74, 6) is 5.72. The number of nitrogens with two attached hydrogens (primary N) is 1. The second-order valence-electron chi connectivity index (χ2n) is 5.48. The molecule has 1 saturated heterocycles. The lowest BCUT2D eigenvalue weighted by atomic mass is 9.94. The van der Waals surface area contributed by atoms with Crippen molar-refractivity contribution < 1.29 is 9.59 Å². The highest BCUT2D eigenvalue weighted by Gasteiger charge is 2.34. The van der Waals surface area contributed by atoms with E-state index >= 15 is 0 Å². The van der Waals surface area contributed by atoms with Crippen molar-refractivity contribution in [2.75, 3.05) is 6.54 Å². The number of nitrogens with zero attached hydrogens (tertiary/aromatic N) is 1. The van der Waals surface area contributed by atoms with E-state index in [0.29, 0.717) is 19.4 Å². The summed E-state index contributed by atoms with van der Waals surface area (Å²) in [6.45, 7) is 4.11. The van der Waals surface area contributed by atoms with Gasteiger partial charge in [-0.2, -0.15) is 0 Å². The normalized spacial score (nSPS) is 17.4. The Hall–Kier alpha value is -2.12. The van der Waals surface area contributed by atoms with Crippen LogP contribution in [0.4, 0.5) is 0 Å². The molecule has 21 heavy (non-hydrogen) atoms. The SMILES string of the molecule is CC1CC(=O)N(C(C)c2cccc(C#CCN)c2)C(=O)C1. The first kappa shape index (κ1) is 15.3. The highest BCUT2D eigenvalue weighted by atomic mass is 16.2. The molecule has 2 N–H and O–H groups in total. The number of carbonyl (C=O) groups excluding carboxylic acids is 2. The van der Waals surface area contributed by atoms with Gasteiger partial charge in [-0.25, -0.2) is 0 Å². The van der Waals surface area contributed by atoms with E-state index in [1.165, 1.54) is 4.90 Å². The zero-order valence-electron chi connectivity index (χ0n) is 12.4. The van der Waals surface area contributed by atoms with Gasteiger partial charge in [-0.1, -0.05) is 30.9 Å². The summed E-state index contributed by atoms with van der Waals surface area (Å²) in [4.78, 5) is 25.7. The Kier molecular flexibility index (Phi) is 4.77. The van der Waals surface area contributed by atoms with E-state index in [9.17, 15) is 9.59 Å². The highest BCUT2D eigenvalue weighted by molar-refractivity contribution is 5.98. The Morgan fingerprint density at radius 3 is 2.62 bits per heavy atom. The first-order valence-electron chi connectivity index (χ1n) is 7.16. The molecule has 2 amide bonds. The van der Waals surface area contributed by atoms with Crippen molar-refractivity contribution in [2.24, 2.45) is 11.7 Å². The van der Waals surface area contributed by atoms with Gasteiger partial charge in [0.1, 0.15) is 0 Å². The molecule has 4 heteroatoms. The van der Waals surface area contributed by atoms with Crippen LogP contribution in [0, 0.1) is 17.8 Å². The first-order valence-corrected chi connectivity index (χ1v) is 7.16. The number of piperidine rings is 1. The summed E-state index contributed by atoms with van der Waals surface area (Å²) in [7, 11) is 0. The Labute approximate surface area is 125 Å². The molecule has 1 atom stereocenters. The van der Waals surface area contributed by atoms with Gasteiger partial charge >= 0.3 is 0 Å². The van der Waals surface area contributed by atoms with Crippen molar-refractivity contribution >= 4 is 11.8 Å². The van der Waals surface area contributed by atoms with Crippen LogP contribution in [0.2, 0.25) is 0 Å². The van der Waals surface area contributed by atoms with Crippen molar-refractivity contribution in [2.45, 2.75) is 32.7 Å². The van der Waals surface area contributed by atoms with Gasteiger partial charge in [0.25, 0.3) is 0 Å². The molecule has 4 nitrogen and oxygen atoms in total. The van der Waals surface area contributed by atoms with Crippen LogP contribution in [0.1, 0.15) is 43.9 Å². The van der Waals surface area contributed by atoms with Crippen molar-refractivity contribution in [1.82, 2.24) is 4.90 Å². The maximum Gasteiger partial charge on any atom is 0.230 e. The van der Waals surface area contributed by atoms with E-state index in [-0.39, 0.29) is 23.8 Å². The third-order valence-corrected chi connectivity index (χ3v) is 3.67. The molecule has 2 rings (SSSR count). The van der Waals surface area contributed by atoms with Gasteiger partial charge in [0, 0.05) is 18.4 Å². The van der Waals surface area contributed by atoms with Crippen LogP contribution >= 0.6 is 0 Å². The number of amides is 2. The number of hydrogen-bond acceptors (Lipinski definition) is 3. The van der Waals surface area contributed by atoms with Gasteiger partial charge in [-0.3, -0.25) is 14.5 Å². The van der Waals surface area contributed by atoms with Crippen LogP contribution in [0.3, 0.4) is 0 Å². The number of benzene rings is 1. The lowest BCUT2D eigenvalue weighted by Crippen LogP contribution is -2.44. The van der Waals surface area contributed by atoms with Crippen molar-refractivity contribution in [3.05, 3.63) is 35.4 Å². The molecule has 1 aliphatic heterocycles. The summed E-state index contributed by atoms with van der Waals surface area (Å²) in [5, 5.41) is 0. The van der Waals surface area contributed by atoms with E-state index < -0.39 is 0 Å². The highest BCUT2D eigenvalue weighted by Crippen LogP contribution is 2.28. The fraction of sp³-hybridized carbons (Fsp3) is 0.412.